The molecule has 1 saturated heterocycles. The molecule has 0 spiro atoms. The molecule has 2 aromatic carbocycles. The van der Waals surface area contributed by atoms with Crippen molar-refractivity contribution >= 4 is 23.5 Å². The molecule has 5 heteroatoms. The molecular formula is C18H18FNO2S. The summed E-state index contributed by atoms with van der Waals surface area (Å²) >= 11 is 1.65. The largest absolute Gasteiger partial charge is 0.444 e. The summed E-state index contributed by atoms with van der Waals surface area (Å²) in [7, 11) is 0. The number of carbonyl (C=O) groups excluding carboxylic acids is 1. The summed E-state index contributed by atoms with van der Waals surface area (Å²) in [4.78, 5) is 14.5. The van der Waals surface area contributed by atoms with Crippen LogP contribution in [0.1, 0.15) is 13.3 Å². The molecule has 1 fully saturated rings. The van der Waals surface area contributed by atoms with Gasteiger partial charge in [-0.3, -0.25) is 4.90 Å². The van der Waals surface area contributed by atoms with Crippen molar-refractivity contribution in [2.45, 2.75) is 24.3 Å². The standard InChI is InChI=1S/C18H18FNO2S/c1-3-14-11-20(18(21)22-14)13-6-9-16(17(19)10-13)12-4-7-15(23-2)8-5-12/h4-10,14H,3,11H2,1-2H3/t14-/m0/s1. The van der Waals surface area contributed by atoms with Gasteiger partial charge in [0.2, 0.25) is 0 Å². The molecular weight excluding hydrogens is 313 g/mol. The van der Waals surface area contributed by atoms with Crippen molar-refractivity contribution in [3.05, 3.63) is 48.3 Å². The Morgan fingerprint density at radius 3 is 2.57 bits per heavy atom. The Morgan fingerprint density at radius 2 is 2.00 bits per heavy atom. The minimum Gasteiger partial charge on any atom is -0.444 e. The van der Waals surface area contributed by atoms with E-state index in [1.54, 1.807) is 23.9 Å². The number of thioether (sulfide) groups is 1. The fraction of sp³-hybridized carbons (Fsp3) is 0.278. The molecule has 0 N–H and O–H groups in total. The average molecular weight is 331 g/mol. The highest BCUT2D eigenvalue weighted by Crippen LogP contribution is 2.30. The quantitative estimate of drug-likeness (QED) is 0.742. The number of hydrogen-bond donors (Lipinski definition) is 0. The van der Waals surface area contributed by atoms with Gasteiger partial charge in [-0.1, -0.05) is 19.1 Å². The number of hydrogen-bond acceptors (Lipinski definition) is 3. The van der Waals surface area contributed by atoms with Crippen molar-refractivity contribution in [1.29, 1.82) is 0 Å². The van der Waals surface area contributed by atoms with Gasteiger partial charge in [0.25, 0.3) is 0 Å². The Kier molecular flexibility index (Phi) is 4.57. The van der Waals surface area contributed by atoms with Gasteiger partial charge < -0.3 is 4.74 Å². The summed E-state index contributed by atoms with van der Waals surface area (Å²) in [6.45, 7) is 2.43. The van der Waals surface area contributed by atoms with Gasteiger partial charge in [-0.15, -0.1) is 11.8 Å². The van der Waals surface area contributed by atoms with Crippen molar-refractivity contribution in [3.8, 4) is 11.1 Å². The number of cyclic esters (lactones) is 1. The maximum Gasteiger partial charge on any atom is 0.414 e. The SMILES string of the molecule is CC[C@H]1CN(c2ccc(-c3ccc(SC)cc3)c(F)c2)C(=O)O1. The summed E-state index contributed by atoms with van der Waals surface area (Å²) in [6, 6.07) is 12.6. The van der Waals surface area contributed by atoms with Crippen molar-refractivity contribution in [3.63, 3.8) is 0 Å². The molecule has 2 aromatic rings. The van der Waals surface area contributed by atoms with Gasteiger partial charge in [-0.25, -0.2) is 9.18 Å². The summed E-state index contributed by atoms with van der Waals surface area (Å²) in [5.41, 5.74) is 1.89. The Labute approximate surface area is 139 Å². The zero-order valence-corrected chi connectivity index (χ0v) is 13.9. The summed E-state index contributed by atoms with van der Waals surface area (Å²) in [6.07, 6.45) is 2.23. The van der Waals surface area contributed by atoms with E-state index < -0.39 is 6.09 Å². The highest BCUT2D eigenvalue weighted by molar-refractivity contribution is 7.98. The molecule has 120 valence electrons. The number of nitrogens with zero attached hydrogens (tertiary/aromatic N) is 1. The van der Waals surface area contributed by atoms with Crippen LogP contribution in [-0.4, -0.2) is 25.0 Å². The molecule has 23 heavy (non-hydrogen) atoms. The average Bonchev–Trinajstić information content (AvgIpc) is 2.96. The molecule has 1 atom stereocenters. The predicted molar refractivity (Wildman–Crippen MR) is 91.5 cm³/mol. The van der Waals surface area contributed by atoms with Crippen LogP contribution in [0.15, 0.2) is 47.4 Å². The number of ether oxygens (including phenoxy) is 1. The molecule has 1 aliphatic heterocycles. The smallest absolute Gasteiger partial charge is 0.414 e. The Morgan fingerprint density at radius 1 is 1.26 bits per heavy atom. The van der Waals surface area contributed by atoms with Crippen molar-refractivity contribution < 1.29 is 13.9 Å². The zero-order valence-electron chi connectivity index (χ0n) is 13.1. The highest BCUT2D eigenvalue weighted by atomic mass is 32.2. The molecule has 1 aliphatic rings. The molecule has 0 radical (unpaired) electrons. The second-order valence-electron chi connectivity index (χ2n) is 5.42. The lowest BCUT2D eigenvalue weighted by Gasteiger charge is -2.14. The van der Waals surface area contributed by atoms with Gasteiger partial charge >= 0.3 is 6.09 Å². The molecule has 0 saturated carbocycles. The van der Waals surface area contributed by atoms with E-state index in [9.17, 15) is 9.18 Å². The highest BCUT2D eigenvalue weighted by Gasteiger charge is 2.31. The third-order valence-corrected chi connectivity index (χ3v) is 4.74. The van der Waals surface area contributed by atoms with E-state index in [-0.39, 0.29) is 11.9 Å². The topological polar surface area (TPSA) is 29.5 Å². The molecule has 1 amide bonds. The van der Waals surface area contributed by atoms with E-state index in [1.807, 2.05) is 37.4 Å². The van der Waals surface area contributed by atoms with E-state index in [0.29, 0.717) is 17.8 Å². The first-order valence-corrected chi connectivity index (χ1v) is 8.77. The van der Waals surface area contributed by atoms with Crippen LogP contribution in [0.3, 0.4) is 0 Å². The second kappa shape index (κ2) is 6.62. The second-order valence-corrected chi connectivity index (χ2v) is 6.30. The lowest BCUT2D eigenvalue weighted by molar-refractivity contribution is 0.139. The number of halogens is 1. The molecule has 0 bridgehead atoms. The molecule has 3 nitrogen and oxygen atoms in total. The van der Waals surface area contributed by atoms with Crippen LogP contribution in [0.5, 0.6) is 0 Å². The first-order chi connectivity index (χ1) is 11.1. The maximum atomic E-state index is 14.5. The van der Waals surface area contributed by atoms with E-state index in [4.69, 9.17) is 4.74 Å². The van der Waals surface area contributed by atoms with Crippen LogP contribution >= 0.6 is 11.8 Å². The fourth-order valence-corrected chi connectivity index (χ4v) is 3.03. The fourth-order valence-electron chi connectivity index (χ4n) is 2.62. The normalized spacial score (nSPS) is 17.4. The zero-order chi connectivity index (χ0) is 16.4. The third kappa shape index (κ3) is 3.20. The van der Waals surface area contributed by atoms with E-state index in [1.165, 1.54) is 11.0 Å². The number of carbonyl (C=O) groups is 1. The predicted octanol–water partition coefficient (Wildman–Crippen LogP) is 4.95. The molecule has 0 aliphatic carbocycles. The van der Waals surface area contributed by atoms with Crippen LogP contribution < -0.4 is 4.90 Å². The van der Waals surface area contributed by atoms with E-state index in [2.05, 4.69) is 0 Å². The number of benzene rings is 2. The van der Waals surface area contributed by atoms with Gasteiger partial charge in [-0.05, 0) is 48.6 Å². The Bertz CT molecular complexity index is 717. The van der Waals surface area contributed by atoms with Crippen LogP contribution in [-0.2, 0) is 4.74 Å². The maximum absolute atomic E-state index is 14.5. The minimum atomic E-state index is -0.409. The van der Waals surface area contributed by atoms with Crippen molar-refractivity contribution in [1.82, 2.24) is 0 Å². The monoisotopic (exact) mass is 331 g/mol. The van der Waals surface area contributed by atoms with Gasteiger partial charge in [0, 0.05) is 10.5 Å². The minimum absolute atomic E-state index is 0.121. The summed E-state index contributed by atoms with van der Waals surface area (Å²) < 4.78 is 19.7. The molecule has 0 unspecified atom stereocenters. The lowest BCUT2D eigenvalue weighted by Crippen LogP contribution is -2.24. The van der Waals surface area contributed by atoms with Crippen LogP contribution in [0.2, 0.25) is 0 Å². The lowest BCUT2D eigenvalue weighted by atomic mass is 10.0. The van der Waals surface area contributed by atoms with Gasteiger partial charge in [0.15, 0.2) is 0 Å². The van der Waals surface area contributed by atoms with Crippen molar-refractivity contribution in [2.24, 2.45) is 0 Å². The Balaban J connectivity index is 1.87. The third-order valence-electron chi connectivity index (χ3n) is 3.99. The molecule has 1 heterocycles. The first kappa shape index (κ1) is 15.9. The summed E-state index contributed by atoms with van der Waals surface area (Å²) in [5.74, 6) is -0.341. The van der Waals surface area contributed by atoms with Gasteiger partial charge in [0.1, 0.15) is 11.9 Å². The number of anilines is 1. The molecule has 0 aromatic heterocycles. The number of amides is 1. The van der Waals surface area contributed by atoms with Crippen LogP contribution in [0, 0.1) is 5.82 Å². The summed E-state index contributed by atoms with van der Waals surface area (Å²) in [5, 5.41) is 0. The van der Waals surface area contributed by atoms with Crippen LogP contribution in [0.25, 0.3) is 11.1 Å². The number of rotatable bonds is 4. The van der Waals surface area contributed by atoms with Crippen LogP contribution in [0.4, 0.5) is 14.9 Å². The Hall–Kier alpha value is -2.01. The van der Waals surface area contributed by atoms with Gasteiger partial charge in [0.05, 0.1) is 12.2 Å². The van der Waals surface area contributed by atoms with E-state index >= 15 is 0 Å². The first-order valence-electron chi connectivity index (χ1n) is 7.54. The van der Waals surface area contributed by atoms with Gasteiger partial charge in [-0.2, -0.15) is 0 Å². The van der Waals surface area contributed by atoms with Crippen molar-refractivity contribution in [2.75, 3.05) is 17.7 Å². The van der Waals surface area contributed by atoms with E-state index in [0.717, 1.165) is 16.9 Å². The molecule has 3 rings (SSSR count).